The highest BCUT2D eigenvalue weighted by atomic mass is 35.5. The molecule has 1 aliphatic rings. The molecule has 9 heteroatoms. The molecule has 3 rings (SSSR count). The number of phenolic OH excluding ortho intramolecular Hbond substituents is 1. The maximum absolute atomic E-state index is 12.7. The van der Waals surface area contributed by atoms with E-state index in [9.17, 15) is 14.7 Å². The second kappa shape index (κ2) is 7.38. The van der Waals surface area contributed by atoms with Crippen LogP contribution in [0.15, 0.2) is 35.9 Å². The fraction of sp³-hybridized carbons (Fsp3) is 0.111. The van der Waals surface area contributed by atoms with E-state index in [0.717, 1.165) is 5.01 Å². The van der Waals surface area contributed by atoms with Gasteiger partial charge in [0.05, 0.1) is 19.9 Å². The van der Waals surface area contributed by atoms with Crippen LogP contribution >= 0.6 is 23.2 Å². The van der Waals surface area contributed by atoms with E-state index in [1.165, 1.54) is 50.6 Å². The van der Waals surface area contributed by atoms with Crippen LogP contribution in [0.3, 0.4) is 0 Å². The van der Waals surface area contributed by atoms with Gasteiger partial charge in [-0.05, 0) is 42.0 Å². The molecule has 2 amide bonds. The Morgan fingerprint density at radius 3 is 2.07 bits per heavy atom. The fourth-order valence-electron chi connectivity index (χ4n) is 2.57. The first-order valence-electron chi connectivity index (χ1n) is 7.62. The summed E-state index contributed by atoms with van der Waals surface area (Å²) in [5, 5.41) is 11.7. The van der Waals surface area contributed by atoms with Gasteiger partial charge in [-0.1, -0.05) is 23.2 Å². The van der Waals surface area contributed by atoms with Gasteiger partial charge in [-0.2, -0.15) is 0 Å². The second-order valence-electron chi connectivity index (χ2n) is 5.54. The van der Waals surface area contributed by atoms with Gasteiger partial charge in [-0.3, -0.25) is 15.0 Å². The highest BCUT2D eigenvalue weighted by Crippen LogP contribution is 2.38. The first-order chi connectivity index (χ1) is 12.8. The van der Waals surface area contributed by atoms with E-state index in [-0.39, 0.29) is 22.8 Å². The minimum Gasteiger partial charge on any atom is -0.502 e. The number of carbonyl (C=O) groups is 2. The molecule has 140 valence electrons. The molecule has 0 atom stereocenters. The van der Waals surface area contributed by atoms with Gasteiger partial charge in [-0.15, -0.1) is 0 Å². The van der Waals surface area contributed by atoms with Gasteiger partial charge >= 0.3 is 0 Å². The molecular formula is C18H14Cl2N2O5. The molecule has 0 aliphatic carbocycles. The maximum Gasteiger partial charge on any atom is 0.282 e. The Hall–Kier alpha value is -2.90. The minimum absolute atomic E-state index is 0.110. The van der Waals surface area contributed by atoms with Crippen LogP contribution in [0.1, 0.15) is 5.56 Å². The average Bonchev–Trinajstić information content (AvgIpc) is 2.90. The Labute approximate surface area is 164 Å². The van der Waals surface area contributed by atoms with Crippen molar-refractivity contribution in [3.8, 4) is 17.2 Å². The standard InChI is InChI=1S/C18H14Cl2N2O5/c1-26-14-4-9(5-15(27-2)16(14)23)3-13-17(24)21-22(18(13)25)12-7-10(19)6-11(20)8-12/h3-8,23H,1-2H3,(H,21,24)/b13-3+. The first kappa shape index (κ1) is 18.9. The molecule has 0 unspecified atom stereocenters. The van der Waals surface area contributed by atoms with E-state index in [4.69, 9.17) is 32.7 Å². The van der Waals surface area contributed by atoms with E-state index in [1.54, 1.807) is 0 Å². The third-order valence-corrected chi connectivity index (χ3v) is 4.25. The van der Waals surface area contributed by atoms with E-state index in [2.05, 4.69) is 5.43 Å². The number of methoxy groups -OCH3 is 2. The number of halogens is 2. The number of hydrogen-bond acceptors (Lipinski definition) is 5. The number of nitrogens with zero attached hydrogens (tertiary/aromatic N) is 1. The zero-order valence-corrected chi connectivity index (χ0v) is 15.8. The summed E-state index contributed by atoms with van der Waals surface area (Å²) in [4.78, 5) is 25.0. The highest BCUT2D eigenvalue weighted by Gasteiger charge is 2.34. The molecule has 2 aromatic carbocycles. The number of ether oxygens (including phenoxy) is 2. The molecule has 0 spiro atoms. The molecule has 2 N–H and O–H groups in total. The fourth-order valence-corrected chi connectivity index (χ4v) is 3.09. The van der Waals surface area contributed by atoms with Crippen molar-refractivity contribution in [3.63, 3.8) is 0 Å². The normalized spacial score (nSPS) is 15.3. The number of benzene rings is 2. The predicted octanol–water partition coefficient (Wildman–Crippen LogP) is 3.18. The number of hydrogen-bond donors (Lipinski definition) is 2. The van der Waals surface area contributed by atoms with Crippen LogP contribution in [-0.4, -0.2) is 31.1 Å². The number of amides is 2. The van der Waals surface area contributed by atoms with Crippen molar-refractivity contribution in [2.24, 2.45) is 0 Å². The van der Waals surface area contributed by atoms with Gasteiger partial charge in [0, 0.05) is 10.0 Å². The Morgan fingerprint density at radius 2 is 1.56 bits per heavy atom. The maximum atomic E-state index is 12.7. The monoisotopic (exact) mass is 408 g/mol. The first-order valence-corrected chi connectivity index (χ1v) is 8.38. The van der Waals surface area contributed by atoms with Crippen LogP contribution < -0.4 is 19.9 Å². The Bertz CT molecular complexity index is 929. The number of aromatic hydroxyl groups is 1. The second-order valence-corrected chi connectivity index (χ2v) is 6.41. The number of hydrazine groups is 1. The molecule has 1 saturated heterocycles. The molecular weight excluding hydrogens is 395 g/mol. The van der Waals surface area contributed by atoms with Crippen molar-refractivity contribution in [1.82, 2.24) is 5.43 Å². The van der Waals surface area contributed by atoms with Crippen LogP contribution in [0.2, 0.25) is 10.0 Å². The topological polar surface area (TPSA) is 88.1 Å². The van der Waals surface area contributed by atoms with Crippen molar-refractivity contribution in [1.29, 1.82) is 0 Å². The van der Waals surface area contributed by atoms with Gasteiger partial charge in [0.1, 0.15) is 5.57 Å². The smallest absolute Gasteiger partial charge is 0.282 e. The van der Waals surface area contributed by atoms with Gasteiger partial charge in [0.2, 0.25) is 5.75 Å². The summed E-state index contributed by atoms with van der Waals surface area (Å²) in [6, 6.07) is 7.47. The number of rotatable bonds is 4. The minimum atomic E-state index is -0.595. The van der Waals surface area contributed by atoms with Crippen molar-refractivity contribution in [3.05, 3.63) is 51.5 Å². The summed E-state index contributed by atoms with van der Waals surface area (Å²) < 4.78 is 10.2. The van der Waals surface area contributed by atoms with Gasteiger partial charge in [0.15, 0.2) is 11.5 Å². The lowest BCUT2D eigenvalue weighted by Gasteiger charge is -2.15. The molecule has 1 fully saturated rings. The third kappa shape index (κ3) is 3.65. The van der Waals surface area contributed by atoms with Gasteiger partial charge < -0.3 is 14.6 Å². The molecule has 1 heterocycles. The summed E-state index contributed by atoms with van der Waals surface area (Å²) in [5.41, 5.74) is 3.12. The van der Waals surface area contributed by atoms with Gasteiger partial charge in [-0.25, -0.2) is 5.01 Å². The zero-order valence-electron chi connectivity index (χ0n) is 14.2. The van der Waals surface area contributed by atoms with Crippen LogP contribution in [-0.2, 0) is 9.59 Å². The molecule has 0 aromatic heterocycles. The molecule has 0 radical (unpaired) electrons. The van der Waals surface area contributed by atoms with E-state index in [0.29, 0.717) is 21.3 Å². The third-order valence-electron chi connectivity index (χ3n) is 3.81. The van der Waals surface area contributed by atoms with Crippen LogP contribution in [0.5, 0.6) is 17.2 Å². The summed E-state index contributed by atoms with van der Waals surface area (Å²) in [6.45, 7) is 0. The summed E-state index contributed by atoms with van der Waals surface area (Å²) in [6.07, 6.45) is 1.37. The Balaban J connectivity index is 2.00. The summed E-state index contributed by atoms with van der Waals surface area (Å²) >= 11 is 11.9. The number of phenols is 1. The lowest BCUT2D eigenvalue weighted by molar-refractivity contribution is -0.117. The molecule has 7 nitrogen and oxygen atoms in total. The number of anilines is 1. The van der Waals surface area contributed by atoms with Crippen LogP contribution in [0.4, 0.5) is 5.69 Å². The van der Waals surface area contributed by atoms with Crippen LogP contribution in [0.25, 0.3) is 6.08 Å². The van der Waals surface area contributed by atoms with Crippen LogP contribution in [0, 0.1) is 0 Å². The van der Waals surface area contributed by atoms with E-state index < -0.39 is 11.8 Å². The molecule has 2 aromatic rings. The lowest BCUT2D eigenvalue weighted by atomic mass is 10.1. The van der Waals surface area contributed by atoms with Crippen molar-refractivity contribution < 1.29 is 24.2 Å². The highest BCUT2D eigenvalue weighted by molar-refractivity contribution is 6.36. The SMILES string of the molecule is COc1cc(/C=C2\C(=O)NN(c3cc(Cl)cc(Cl)c3)C2=O)cc(OC)c1O. The van der Waals surface area contributed by atoms with E-state index >= 15 is 0 Å². The average molecular weight is 409 g/mol. The number of nitrogens with one attached hydrogen (secondary N) is 1. The molecule has 1 aliphatic heterocycles. The summed E-state index contributed by atoms with van der Waals surface area (Å²) in [7, 11) is 2.76. The Morgan fingerprint density at radius 1 is 1.00 bits per heavy atom. The molecule has 27 heavy (non-hydrogen) atoms. The van der Waals surface area contributed by atoms with Crippen molar-refractivity contribution in [2.75, 3.05) is 19.2 Å². The predicted molar refractivity (Wildman–Crippen MR) is 101 cm³/mol. The largest absolute Gasteiger partial charge is 0.502 e. The quantitative estimate of drug-likeness (QED) is 0.598. The van der Waals surface area contributed by atoms with Gasteiger partial charge in [0.25, 0.3) is 11.8 Å². The molecule has 0 saturated carbocycles. The zero-order chi connectivity index (χ0) is 19.7. The number of carbonyl (C=O) groups excluding carboxylic acids is 2. The Kier molecular flexibility index (Phi) is 5.16. The lowest BCUT2D eigenvalue weighted by Crippen LogP contribution is -2.35. The summed E-state index contributed by atoms with van der Waals surface area (Å²) in [5.74, 6) is -1.07. The van der Waals surface area contributed by atoms with Crippen molar-refractivity contribution >= 4 is 46.8 Å². The van der Waals surface area contributed by atoms with Crippen molar-refractivity contribution in [2.45, 2.75) is 0 Å². The molecule has 0 bridgehead atoms. The van der Waals surface area contributed by atoms with E-state index in [1.807, 2.05) is 0 Å².